The minimum absolute atomic E-state index is 0.113. The fourth-order valence-corrected chi connectivity index (χ4v) is 7.68. The molecule has 0 radical (unpaired) electrons. The van der Waals surface area contributed by atoms with Crippen LogP contribution in [0.1, 0.15) is 69.0 Å². The molecule has 0 saturated heterocycles. The van der Waals surface area contributed by atoms with Crippen molar-refractivity contribution in [3.63, 3.8) is 0 Å². The topological polar surface area (TPSA) is 47.3 Å². The summed E-state index contributed by atoms with van der Waals surface area (Å²) in [7, 11) is -1.97. The molecule has 0 amide bonds. The van der Waals surface area contributed by atoms with E-state index in [4.69, 9.17) is 9.41 Å². The van der Waals surface area contributed by atoms with Crippen molar-refractivity contribution in [3.8, 4) is 5.75 Å². The van der Waals surface area contributed by atoms with Gasteiger partial charge in [-0.3, -0.25) is 0 Å². The van der Waals surface area contributed by atoms with E-state index in [1.807, 2.05) is 24.5 Å². The first-order chi connectivity index (χ1) is 22.8. The van der Waals surface area contributed by atoms with Gasteiger partial charge in [0, 0.05) is 6.20 Å². The molecule has 0 fully saturated rings. The van der Waals surface area contributed by atoms with Gasteiger partial charge in [-0.25, -0.2) is 4.98 Å². The lowest BCUT2D eigenvalue weighted by atomic mass is 9.76. The van der Waals surface area contributed by atoms with Crippen molar-refractivity contribution >= 4 is 19.1 Å². The zero-order valence-electron chi connectivity index (χ0n) is 29.3. The Bertz CT molecular complexity index is 1880. The smallest absolute Gasteiger partial charge is 0.250 e. The normalized spacial score (nSPS) is 13.9. The zero-order chi connectivity index (χ0) is 34.2. The molecule has 1 heterocycles. The first-order valence-corrected chi connectivity index (χ1v) is 19.9. The summed E-state index contributed by atoms with van der Waals surface area (Å²) < 4.78 is 8.79. The monoisotopic (exact) mass is 652 g/mol. The highest BCUT2D eigenvalue weighted by Crippen LogP contribution is 2.44. The van der Waals surface area contributed by atoms with Crippen molar-refractivity contribution in [2.75, 3.05) is 0 Å². The van der Waals surface area contributed by atoms with Gasteiger partial charge in [0.1, 0.15) is 16.9 Å². The van der Waals surface area contributed by atoms with E-state index < -0.39 is 19.5 Å². The SMILES string of the molecule is CC(C)CC(O)(c1ccc2cc(O[Si](C)(C)C(C)(C)C)ccc2c1)c1cn(C(c2ccccc2)(c2ccccc2)c2ccccc2)cn1. The molecule has 1 atom stereocenters. The number of fused-ring (bicyclic) bond motifs is 1. The molecule has 4 nitrogen and oxygen atoms in total. The van der Waals surface area contributed by atoms with Crippen molar-refractivity contribution in [1.29, 1.82) is 0 Å². The Labute approximate surface area is 287 Å². The second kappa shape index (κ2) is 12.9. The van der Waals surface area contributed by atoms with E-state index in [0.29, 0.717) is 12.1 Å². The fourth-order valence-electron chi connectivity index (χ4n) is 6.66. The third kappa shape index (κ3) is 6.13. The minimum Gasteiger partial charge on any atom is -0.543 e. The summed E-state index contributed by atoms with van der Waals surface area (Å²) in [4.78, 5) is 5.02. The number of rotatable bonds is 10. The Morgan fingerprint density at radius 1 is 0.688 bits per heavy atom. The number of aliphatic hydroxyl groups is 1. The molecule has 1 N–H and O–H groups in total. The van der Waals surface area contributed by atoms with Crippen molar-refractivity contribution in [3.05, 3.63) is 168 Å². The highest BCUT2D eigenvalue weighted by Gasteiger charge is 2.42. The number of aromatic nitrogens is 2. The summed E-state index contributed by atoms with van der Waals surface area (Å²) in [5, 5.41) is 15.0. The van der Waals surface area contributed by atoms with Crippen molar-refractivity contribution < 1.29 is 9.53 Å². The van der Waals surface area contributed by atoms with Gasteiger partial charge in [-0.1, -0.05) is 144 Å². The van der Waals surface area contributed by atoms with E-state index >= 15 is 0 Å². The molecule has 1 aromatic heterocycles. The molecule has 6 aromatic rings. The van der Waals surface area contributed by atoms with E-state index in [2.05, 4.69) is 168 Å². The molecule has 48 heavy (non-hydrogen) atoms. The van der Waals surface area contributed by atoms with Gasteiger partial charge >= 0.3 is 0 Å². The van der Waals surface area contributed by atoms with Gasteiger partial charge in [-0.05, 0) is 81.7 Å². The summed E-state index contributed by atoms with van der Waals surface area (Å²) >= 11 is 0. The molecule has 6 rings (SSSR count). The van der Waals surface area contributed by atoms with Gasteiger partial charge in [-0.15, -0.1) is 0 Å². The average Bonchev–Trinajstić information content (AvgIpc) is 3.57. The maximum absolute atomic E-state index is 12.8. The summed E-state index contributed by atoms with van der Waals surface area (Å²) in [6, 6.07) is 44.3. The largest absolute Gasteiger partial charge is 0.543 e. The molecule has 0 aliphatic heterocycles. The van der Waals surface area contributed by atoms with Crippen molar-refractivity contribution in [2.45, 2.75) is 70.3 Å². The first kappa shape index (κ1) is 33.4. The highest BCUT2D eigenvalue weighted by molar-refractivity contribution is 6.74. The minimum atomic E-state index is -1.97. The van der Waals surface area contributed by atoms with Gasteiger partial charge < -0.3 is 14.1 Å². The standard InChI is InChI=1S/C43H48N2O2Si/c1-32(2)29-42(46,38-25-23-34-28-39(26-24-33(34)27-38)47-48(6,7)41(3,4)5)40-30-45(31-44-40)43(35-17-11-8-12-18-35,36-19-13-9-14-20-36)37-21-15-10-16-22-37/h8-28,30-32,46H,29H2,1-7H3. The van der Waals surface area contributed by atoms with Gasteiger partial charge in [0.05, 0.1) is 12.0 Å². The zero-order valence-corrected chi connectivity index (χ0v) is 30.3. The molecule has 5 aromatic carbocycles. The number of nitrogens with zero attached hydrogens (tertiary/aromatic N) is 2. The van der Waals surface area contributed by atoms with Gasteiger partial charge in [-0.2, -0.15) is 0 Å². The van der Waals surface area contributed by atoms with Crippen LogP contribution in [0.15, 0.2) is 140 Å². The van der Waals surface area contributed by atoms with E-state index in [-0.39, 0.29) is 11.0 Å². The number of hydrogen-bond donors (Lipinski definition) is 1. The Kier molecular flexibility index (Phi) is 8.97. The van der Waals surface area contributed by atoms with E-state index in [0.717, 1.165) is 38.8 Å². The van der Waals surface area contributed by atoms with Crippen LogP contribution in [0, 0.1) is 5.92 Å². The van der Waals surface area contributed by atoms with Crippen LogP contribution in [0.2, 0.25) is 18.1 Å². The van der Waals surface area contributed by atoms with Gasteiger partial charge in [0.25, 0.3) is 0 Å². The highest BCUT2D eigenvalue weighted by atomic mass is 28.4. The maximum atomic E-state index is 12.8. The Balaban J connectivity index is 1.49. The van der Waals surface area contributed by atoms with Gasteiger partial charge in [0.15, 0.2) is 0 Å². The quantitative estimate of drug-likeness (QED) is 0.118. The fraction of sp³-hybridized carbons (Fsp3) is 0.279. The molecule has 0 saturated carbocycles. The molecular formula is C43H48N2O2Si. The molecule has 0 spiro atoms. The van der Waals surface area contributed by atoms with E-state index in [9.17, 15) is 5.11 Å². The predicted molar refractivity (Wildman–Crippen MR) is 201 cm³/mol. The van der Waals surface area contributed by atoms with Crippen molar-refractivity contribution in [2.24, 2.45) is 5.92 Å². The summed E-state index contributed by atoms with van der Waals surface area (Å²) in [5.41, 5.74) is 2.77. The lowest BCUT2D eigenvalue weighted by Gasteiger charge is -2.37. The molecule has 0 aliphatic carbocycles. The van der Waals surface area contributed by atoms with Crippen molar-refractivity contribution in [1.82, 2.24) is 9.55 Å². The number of benzene rings is 5. The van der Waals surface area contributed by atoms with Crippen LogP contribution in [0.4, 0.5) is 0 Å². The summed E-state index contributed by atoms with van der Waals surface area (Å²) in [6.45, 7) is 15.6. The van der Waals surface area contributed by atoms with E-state index in [1.165, 1.54) is 0 Å². The lowest BCUT2D eigenvalue weighted by molar-refractivity contribution is 0.0535. The number of hydrogen-bond acceptors (Lipinski definition) is 3. The van der Waals surface area contributed by atoms with Crippen LogP contribution in [0.5, 0.6) is 5.75 Å². The maximum Gasteiger partial charge on any atom is 0.250 e. The van der Waals surface area contributed by atoms with Crippen LogP contribution in [0.25, 0.3) is 10.8 Å². The van der Waals surface area contributed by atoms with Crippen LogP contribution in [-0.2, 0) is 11.1 Å². The third-order valence-electron chi connectivity index (χ3n) is 10.1. The second-order valence-corrected chi connectivity index (χ2v) is 19.7. The summed E-state index contributed by atoms with van der Waals surface area (Å²) in [5.74, 6) is 1.12. The number of imidazole rings is 1. The third-order valence-corrected chi connectivity index (χ3v) is 14.5. The van der Waals surface area contributed by atoms with Gasteiger partial charge in [0.2, 0.25) is 8.32 Å². The molecule has 5 heteroatoms. The van der Waals surface area contributed by atoms with Crippen LogP contribution >= 0.6 is 0 Å². The Morgan fingerprint density at radius 2 is 1.19 bits per heavy atom. The lowest BCUT2D eigenvalue weighted by Crippen LogP contribution is -2.43. The molecule has 1 unspecified atom stereocenters. The Morgan fingerprint density at radius 3 is 1.69 bits per heavy atom. The molecule has 0 bridgehead atoms. The first-order valence-electron chi connectivity index (χ1n) is 17.0. The average molecular weight is 653 g/mol. The molecular weight excluding hydrogens is 605 g/mol. The van der Waals surface area contributed by atoms with Crippen LogP contribution in [0.3, 0.4) is 0 Å². The second-order valence-electron chi connectivity index (χ2n) is 15.0. The van der Waals surface area contributed by atoms with E-state index in [1.54, 1.807) is 0 Å². The van der Waals surface area contributed by atoms with Crippen LogP contribution in [-0.4, -0.2) is 23.0 Å². The predicted octanol–water partition coefficient (Wildman–Crippen LogP) is 10.5. The summed E-state index contributed by atoms with van der Waals surface area (Å²) in [6.07, 6.45) is 4.46. The van der Waals surface area contributed by atoms with Crippen LogP contribution < -0.4 is 4.43 Å². The molecule has 0 aliphatic rings. The molecule has 246 valence electrons. The Hall–Kier alpha value is -4.45.